The quantitative estimate of drug-likeness (QED) is 0.933. The Morgan fingerprint density at radius 1 is 1.32 bits per heavy atom. The number of anilines is 1. The molecule has 0 spiro atoms. The second kappa shape index (κ2) is 5.47. The van der Waals surface area contributed by atoms with Crippen molar-refractivity contribution in [3.8, 4) is 0 Å². The van der Waals surface area contributed by atoms with Gasteiger partial charge in [0.15, 0.2) is 0 Å². The Kier molecular flexibility index (Phi) is 3.71. The third-order valence-corrected chi connectivity index (χ3v) is 4.52. The lowest BCUT2D eigenvalue weighted by Gasteiger charge is -2.29. The van der Waals surface area contributed by atoms with Gasteiger partial charge in [0.2, 0.25) is 0 Å². The number of benzene rings is 1. The number of aromatic nitrogens is 1. The molecule has 1 aromatic heterocycles. The topological polar surface area (TPSA) is 28.2 Å². The average Bonchev–Trinajstić information content (AvgIpc) is 2.79. The van der Waals surface area contributed by atoms with Gasteiger partial charge in [0.05, 0.1) is 15.2 Å². The Balaban J connectivity index is 1.87. The molecule has 2 heterocycles. The molecule has 0 unspecified atom stereocenters. The largest absolute Gasteiger partial charge is 0.369 e. The molecule has 0 aliphatic carbocycles. The van der Waals surface area contributed by atoms with E-state index in [-0.39, 0.29) is 0 Å². The molecule has 4 heteroatoms. The summed E-state index contributed by atoms with van der Waals surface area (Å²) in [7, 11) is 0. The lowest BCUT2D eigenvalue weighted by Crippen LogP contribution is -2.43. The molecule has 0 bridgehead atoms. The normalized spacial score (nSPS) is 16.5. The summed E-state index contributed by atoms with van der Waals surface area (Å²) in [6.45, 7) is 8.86. The second-order valence-corrected chi connectivity index (χ2v) is 6.71. The van der Waals surface area contributed by atoms with Gasteiger partial charge in [0.25, 0.3) is 0 Å². The number of nitrogens with one attached hydrogen (secondary N) is 1. The Morgan fingerprint density at radius 2 is 2.11 bits per heavy atom. The molecule has 0 atom stereocenters. The van der Waals surface area contributed by atoms with E-state index in [0.29, 0.717) is 5.92 Å². The zero-order valence-electron chi connectivity index (χ0n) is 11.6. The van der Waals surface area contributed by atoms with E-state index in [0.717, 1.165) is 38.1 Å². The number of piperazine rings is 1. The Hall–Kier alpha value is -1.13. The van der Waals surface area contributed by atoms with Crippen molar-refractivity contribution in [3.05, 3.63) is 23.2 Å². The van der Waals surface area contributed by atoms with Crippen molar-refractivity contribution < 1.29 is 0 Å². The highest BCUT2D eigenvalue weighted by molar-refractivity contribution is 7.18. The first-order valence-corrected chi connectivity index (χ1v) is 7.89. The summed E-state index contributed by atoms with van der Waals surface area (Å²) in [4.78, 5) is 7.18. The van der Waals surface area contributed by atoms with Crippen molar-refractivity contribution in [2.24, 2.45) is 5.92 Å². The number of nitrogens with zero attached hydrogens (tertiary/aromatic N) is 2. The van der Waals surface area contributed by atoms with Gasteiger partial charge in [-0.2, -0.15) is 0 Å². The average molecular weight is 275 g/mol. The predicted molar refractivity (Wildman–Crippen MR) is 83.2 cm³/mol. The molecule has 0 saturated carbocycles. The SMILES string of the molecule is CC(C)Cc1nc2ccc(N3CCNCC3)cc2s1. The van der Waals surface area contributed by atoms with Crippen LogP contribution in [0.15, 0.2) is 18.2 Å². The Bertz CT molecular complexity index is 556. The molecular weight excluding hydrogens is 254 g/mol. The zero-order chi connectivity index (χ0) is 13.2. The number of hydrogen-bond donors (Lipinski definition) is 1. The lowest BCUT2D eigenvalue weighted by molar-refractivity contribution is 0.589. The summed E-state index contributed by atoms with van der Waals surface area (Å²) in [6, 6.07) is 6.70. The third kappa shape index (κ3) is 2.90. The molecule has 1 aliphatic rings. The first-order chi connectivity index (χ1) is 9.22. The standard InChI is InChI=1S/C15H21N3S/c1-11(2)9-15-17-13-4-3-12(10-14(13)19-15)18-7-5-16-6-8-18/h3-4,10-11,16H,5-9H2,1-2H3. The number of thiazole rings is 1. The maximum Gasteiger partial charge on any atom is 0.0941 e. The van der Waals surface area contributed by atoms with Crippen LogP contribution in [0.3, 0.4) is 0 Å². The minimum atomic E-state index is 0.674. The summed E-state index contributed by atoms with van der Waals surface area (Å²) >= 11 is 1.85. The van der Waals surface area contributed by atoms with Crippen molar-refractivity contribution in [2.45, 2.75) is 20.3 Å². The van der Waals surface area contributed by atoms with E-state index in [4.69, 9.17) is 4.98 Å². The molecule has 0 amide bonds. The van der Waals surface area contributed by atoms with Crippen LogP contribution in [-0.4, -0.2) is 31.2 Å². The minimum absolute atomic E-state index is 0.674. The molecule has 1 aromatic carbocycles. The summed E-state index contributed by atoms with van der Waals surface area (Å²) in [5.74, 6) is 0.674. The molecule has 3 nitrogen and oxygen atoms in total. The highest BCUT2D eigenvalue weighted by Crippen LogP contribution is 2.28. The van der Waals surface area contributed by atoms with Crippen molar-refractivity contribution in [3.63, 3.8) is 0 Å². The highest BCUT2D eigenvalue weighted by atomic mass is 32.1. The highest BCUT2D eigenvalue weighted by Gasteiger charge is 2.12. The minimum Gasteiger partial charge on any atom is -0.369 e. The fourth-order valence-electron chi connectivity index (χ4n) is 2.52. The lowest BCUT2D eigenvalue weighted by atomic mass is 10.1. The molecule has 3 rings (SSSR count). The van der Waals surface area contributed by atoms with Gasteiger partial charge in [-0.3, -0.25) is 0 Å². The number of rotatable bonds is 3. The van der Waals surface area contributed by atoms with E-state index in [1.807, 2.05) is 11.3 Å². The van der Waals surface area contributed by atoms with Crippen LogP contribution in [-0.2, 0) is 6.42 Å². The van der Waals surface area contributed by atoms with Crippen molar-refractivity contribution >= 4 is 27.2 Å². The van der Waals surface area contributed by atoms with Crippen molar-refractivity contribution in [2.75, 3.05) is 31.1 Å². The van der Waals surface area contributed by atoms with Gasteiger partial charge in [-0.15, -0.1) is 11.3 Å². The van der Waals surface area contributed by atoms with Crippen LogP contribution in [0.25, 0.3) is 10.2 Å². The summed E-state index contributed by atoms with van der Waals surface area (Å²) in [6.07, 6.45) is 1.09. The van der Waals surface area contributed by atoms with Gasteiger partial charge < -0.3 is 10.2 Å². The van der Waals surface area contributed by atoms with Crippen molar-refractivity contribution in [1.29, 1.82) is 0 Å². The molecular formula is C15H21N3S. The molecule has 19 heavy (non-hydrogen) atoms. The summed E-state index contributed by atoms with van der Waals surface area (Å²) < 4.78 is 1.33. The fraction of sp³-hybridized carbons (Fsp3) is 0.533. The second-order valence-electron chi connectivity index (χ2n) is 5.59. The molecule has 1 fully saturated rings. The van der Waals surface area contributed by atoms with Crippen LogP contribution in [0.5, 0.6) is 0 Å². The van der Waals surface area contributed by atoms with Crippen LogP contribution in [0.4, 0.5) is 5.69 Å². The zero-order valence-corrected chi connectivity index (χ0v) is 12.5. The monoisotopic (exact) mass is 275 g/mol. The van der Waals surface area contributed by atoms with Gasteiger partial charge >= 0.3 is 0 Å². The Morgan fingerprint density at radius 3 is 2.84 bits per heavy atom. The van der Waals surface area contributed by atoms with Crippen LogP contribution >= 0.6 is 11.3 Å². The van der Waals surface area contributed by atoms with Gasteiger partial charge in [0, 0.05) is 38.3 Å². The van der Waals surface area contributed by atoms with Crippen molar-refractivity contribution in [1.82, 2.24) is 10.3 Å². The first kappa shape index (κ1) is 12.9. The first-order valence-electron chi connectivity index (χ1n) is 7.07. The van der Waals surface area contributed by atoms with E-state index in [9.17, 15) is 0 Å². The maximum absolute atomic E-state index is 4.73. The van der Waals surface area contributed by atoms with Gasteiger partial charge in [-0.25, -0.2) is 4.98 Å². The van der Waals surface area contributed by atoms with E-state index in [1.165, 1.54) is 15.4 Å². The van der Waals surface area contributed by atoms with Gasteiger partial charge in [0.1, 0.15) is 0 Å². The molecule has 0 radical (unpaired) electrons. The molecule has 1 N–H and O–H groups in total. The smallest absolute Gasteiger partial charge is 0.0941 e. The van der Waals surface area contributed by atoms with E-state index >= 15 is 0 Å². The van der Waals surface area contributed by atoms with Crippen LogP contribution < -0.4 is 10.2 Å². The summed E-state index contributed by atoms with van der Waals surface area (Å²) in [5.41, 5.74) is 2.49. The molecule has 2 aromatic rings. The third-order valence-electron chi connectivity index (χ3n) is 3.48. The number of hydrogen-bond acceptors (Lipinski definition) is 4. The predicted octanol–water partition coefficient (Wildman–Crippen LogP) is 2.90. The maximum atomic E-state index is 4.73. The van der Waals surface area contributed by atoms with Crippen LogP contribution in [0, 0.1) is 5.92 Å². The van der Waals surface area contributed by atoms with E-state index in [1.54, 1.807) is 0 Å². The molecule has 1 aliphatic heterocycles. The summed E-state index contributed by atoms with van der Waals surface area (Å²) in [5, 5.41) is 4.66. The van der Waals surface area contributed by atoms with Gasteiger partial charge in [-0.05, 0) is 24.1 Å². The molecule has 102 valence electrons. The van der Waals surface area contributed by atoms with E-state index in [2.05, 4.69) is 42.3 Å². The van der Waals surface area contributed by atoms with Gasteiger partial charge in [-0.1, -0.05) is 13.8 Å². The fourth-order valence-corrected chi connectivity index (χ4v) is 3.73. The van der Waals surface area contributed by atoms with E-state index < -0.39 is 0 Å². The number of fused-ring (bicyclic) bond motifs is 1. The Labute approximate surface area is 118 Å². The molecule has 1 saturated heterocycles. The van der Waals surface area contributed by atoms with Crippen LogP contribution in [0.1, 0.15) is 18.9 Å². The van der Waals surface area contributed by atoms with Crippen LogP contribution in [0.2, 0.25) is 0 Å².